The molecule has 10 nitrogen and oxygen atoms in total. The lowest BCUT2D eigenvalue weighted by molar-refractivity contribution is -0.143. The van der Waals surface area contributed by atoms with E-state index < -0.39 is 23.4 Å². The summed E-state index contributed by atoms with van der Waals surface area (Å²) in [6, 6.07) is 12.9. The first-order chi connectivity index (χ1) is 17.1. The lowest BCUT2D eigenvalue weighted by Crippen LogP contribution is -2.49. The van der Waals surface area contributed by atoms with Crippen LogP contribution in [-0.4, -0.2) is 42.5 Å². The summed E-state index contributed by atoms with van der Waals surface area (Å²) in [7, 11) is 0. The zero-order valence-electron chi connectivity index (χ0n) is 20.4. The van der Waals surface area contributed by atoms with Gasteiger partial charge in [0, 0.05) is 17.1 Å². The third kappa shape index (κ3) is 6.01. The first kappa shape index (κ1) is 25.2. The van der Waals surface area contributed by atoms with E-state index in [4.69, 9.17) is 20.4 Å². The number of nitrogens with one attached hydrogen (secondary N) is 1. The Labute approximate surface area is 213 Å². The number of amides is 2. The minimum Gasteiger partial charge on any atom is -0.467 e. The van der Waals surface area contributed by atoms with Crippen molar-refractivity contribution in [3.8, 4) is 11.6 Å². The Morgan fingerprint density at radius 2 is 1.92 bits per heavy atom. The van der Waals surface area contributed by atoms with Gasteiger partial charge in [0.2, 0.25) is 11.7 Å². The number of hydrogen-bond donors (Lipinski definition) is 1. The number of hydrogen-bond acceptors (Lipinski definition) is 7. The van der Waals surface area contributed by atoms with Crippen LogP contribution in [0.5, 0.6) is 0 Å². The van der Waals surface area contributed by atoms with Gasteiger partial charge in [-0.2, -0.15) is 4.80 Å². The smallest absolute Gasteiger partial charge is 0.251 e. The second kappa shape index (κ2) is 10.4. The van der Waals surface area contributed by atoms with Crippen molar-refractivity contribution in [3.05, 3.63) is 76.9 Å². The highest BCUT2D eigenvalue weighted by molar-refractivity contribution is 6.31. The standard InChI is InChI=1S/C25H27ClN6O4/c1-16-11-12-20(36-16)23-28-30-32(29-23)15-21(33)31(14-17-8-5-6-9-18(17)26)22(19-10-7-13-35-19)24(34)27-25(2,3)4/h5-13,22H,14-15H2,1-4H3,(H,27,34). The number of benzene rings is 1. The second-order valence-electron chi connectivity index (χ2n) is 9.32. The van der Waals surface area contributed by atoms with Gasteiger partial charge in [-0.1, -0.05) is 29.8 Å². The lowest BCUT2D eigenvalue weighted by atomic mass is 10.1. The fourth-order valence-electron chi connectivity index (χ4n) is 3.62. The number of aromatic nitrogens is 4. The molecule has 0 spiro atoms. The minimum absolute atomic E-state index is 0.0559. The summed E-state index contributed by atoms with van der Waals surface area (Å²) in [6.07, 6.45) is 1.46. The zero-order chi connectivity index (χ0) is 25.9. The van der Waals surface area contributed by atoms with Crippen LogP contribution in [-0.2, 0) is 22.7 Å². The highest BCUT2D eigenvalue weighted by atomic mass is 35.5. The molecule has 0 radical (unpaired) electrons. The van der Waals surface area contributed by atoms with Gasteiger partial charge in [-0.05, 0) is 68.8 Å². The van der Waals surface area contributed by atoms with Crippen molar-refractivity contribution in [1.29, 1.82) is 0 Å². The number of nitrogens with zero attached hydrogens (tertiary/aromatic N) is 5. The van der Waals surface area contributed by atoms with E-state index in [-0.39, 0.29) is 18.9 Å². The van der Waals surface area contributed by atoms with Crippen LogP contribution in [0.15, 0.2) is 63.6 Å². The van der Waals surface area contributed by atoms with Gasteiger partial charge in [0.1, 0.15) is 18.1 Å². The Balaban J connectivity index is 1.67. The van der Waals surface area contributed by atoms with E-state index in [2.05, 4.69) is 20.7 Å². The van der Waals surface area contributed by atoms with E-state index in [1.807, 2.05) is 26.8 Å². The van der Waals surface area contributed by atoms with Gasteiger partial charge in [-0.25, -0.2) is 0 Å². The van der Waals surface area contributed by atoms with Crippen LogP contribution in [0, 0.1) is 6.92 Å². The molecular formula is C25H27ClN6O4. The monoisotopic (exact) mass is 510 g/mol. The van der Waals surface area contributed by atoms with Crippen molar-refractivity contribution in [2.75, 3.05) is 0 Å². The molecule has 0 fully saturated rings. The molecule has 0 aliphatic carbocycles. The predicted octanol–water partition coefficient (Wildman–Crippen LogP) is 4.17. The van der Waals surface area contributed by atoms with Crippen LogP contribution in [0.4, 0.5) is 0 Å². The van der Waals surface area contributed by atoms with Gasteiger partial charge in [-0.15, -0.1) is 10.2 Å². The number of carbonyl (C=O) groups is 2. The maximum atomic E-state index is 13.7. The molecular weight excluding hydrogens is 484 g/mol. The maximum Gasteiger partial charge on any atom is 0.251 e. The third-order valence-corrected chi connectivity index (χ3v) is 5.55. The molecule has 3 aromatic heterocycles. The molecule has 4 rings (SSSR count). The summed E-state index contributed by atoms with van der Waals surface area (Å²) in [5, 5.41) is 15.7. The van der Waals surface area contributed by atoms with Crippen LogP contribution >= 0.6 is 11.6 Å². The van der Waals surface area contributed by atoms with Gasteiger partial charge in [0.15, 0.2) is 11.8 Å². The predicted molar refractivity (Wildman–Crippen MR) is 132 cm³/mol. The largest absolute Gasteiger partial charge is 0.467 e. The van der Waals surface area contributed by atoms with Crippen LogP contribution in [0.1, 0.15) is 43.9 Å². The molecule has 0 aliphatic rings. The molecule has 3 heterocycles. The Morgan fingerprint density at radius 1 is 1.14 bits per heavy atom. The first-order valence-electron chi connectivity index (χ1n) is 11.3. The molecule has 1 aromatic carbocycles. The summed E-state index contributed by atoms with van der Waals surface area (Å²) in [6.45, 7) is 7.18. The number of carbonyl (C=O) groups excluding carboxylic acids is 2. The van der Waals surface area contributed by atoms with Crippen LogP contribution < -0.4 is 5.32 Å². The Morgan fingerprint density at radius 3 is 2.56 bits per heavy atom. The quantitative estimate of drug-likeness (QED) is 0.377. The minimum atomic E-state index is -1.06. The summed E-state index contributed by atoms with van der Waals surface area (Å²) < 4.78 is 11.1. The first-order valence-corrected chi connectivity index (χ1v) is 11.7. The molecule has 11 heteroatoms. The third-order valence-electron chi connectivity index (χ3n) is 5.18. The average molecular weight is 511 g/mol. The maximum absolute atomic E-state index is 13.7. The molecule has 1 N–H and O–H groups in total. The number of halogens is 1. The van der Waals surface area contributed by atoms with Crippen LogP contribution in [0.25, 0.3) is 11.6 Å². The van der Waals surface area contributed by atoms with E-state index in [9.17, 15) is 9.59 Å². The molecule has 0 saturated carbocycles. The van der Waals surface area contributed by atoms with Gasteiger partial charge >= 0.3 is 0 Å². The SMILES string of the molecule is Cc1ccc(-c2nnn(CC(=O)N(Cc3ccccc3Cl)C(C(=O)NC(C)(C)C)c3ccco3)n2)o1. The highest BCUT2D eigenvalue weighted by Crippen LogP contribution is 2.28. The second-order valence-corrected chi connectivity index (χ2v) is 9.73. The van der Waals surface area contributed by atoms with E-state index in [1.165, 1.54) is 11.2 Å². The molecule has 1 atom stereocenters. The van der Waals surface area contributed by atoms with E-state index in [1.54, 1.807) is 49.4 Å². The normalized spacial score (nSPS) is 12.4. The van der Waals surface area contributed by atoms with Crippen molar-refractivity contribution in [1.82, 2.24) is 30.4 Å². The summed E-state index contributed by atoms with van der Waals surface area (Å²) in [5.74, 6) is 0.889. The van der Waals surface area contributed by atoms with Gasteiger partial charge in [0.25, 0.3) is 5.91 Å². The van der Waals surface area contributed by atoms with Crippen molar-refractivity contribution in [2.24, 2.45) is 0 Å². The molecule has 188 valence electrons. The summed E-state index contributed by atoms with van der Waals surface area (Å²) in [4.78, 5) is 29.7. The zero-order valence-corrected chi connectivity index (χ0v) is 21.2. The van der Waals surface area contributed by atoms with E-state index in [0.717, 1.165) is 4.80 Å². The molecule has 0 saturated heterocycles. The fourth-order valence-corrected chi connectivity index (χ4v) is 3.81. The molecule has 0 aliphatic heterocycles. The molecule has 1 unspecified atom stereocenters. The van der Waals surface area contributed by atoms with Crippen LogP contribution in [0.3, 0.4) is 0 Å². The number of furan rings is 2. The van der Waals surface area contributed by atoms with Gasteiger partial charge < -0.3 is 19.1 Å². The molecule has 2 amide bonds. The van der Waals surface area contributed by atoms with Gasteiger partial charge in [-0.3, -0.25) is 9.59 Å². The van der Waals surface area contributed by atoms with Crippen molar-refractivity contribution < 1.29 is 18.4 Å². The highest BCUT2D eigenvalue weighted by Gasteiger charge is 2.36. The summed E-state index contributed by atoms with van der Waals surface area (Å²) in [5.41, 5.74) is 0.135. The number of tetrazole rings is 1. The molecule has 4 aromatic rings. The van der Waals surface area contributed by atoms with E-state index in [0.29, 0.717) is 27.9 Å². The molecule has 0 bridgehead atoms. The fraction of sp³-hybridized carbons (Fsp3) is 0.320. The van der Waals surface area contributed by atoms with Crippen molar-refractivity contribution >= 4 is 23.4 Å². The van der Waals surface area contributed by atoms with Gasteiger partial charge in [0.05, 0.1) is 6.26 Å². The number of aryl methyl sites for hydroxylation is 1. The lowest BCUT2D eigenvalue weighted by Gasteiger charge is -2.32. The van der Waals surface area contributed by atoms with Crippen LogP contribution in [0.2, 0.25) is 5.02 Å². The Bertz CT molecular complexity index is 1340. The summed E-state index contributed by atoms with van der Waals surface area (Å²) >= 11 is 6.41. The topological polar surface area (TPSA) is 119 Å². The van der Waals surface area contributed by atoms with Crippen molar-refractivity contribution in [3.63, 3.8) is 0 Å². The Kier molecular flexibility index (Phi) is 7.25. The molecule has 36 heavy (non-hydrogen) atoms. The average Bonchev–Trinajstić information content (AvgIpc) is 3.56. The van der Waals surface area contributed by atoms with E-state index >= 15 is 0 Å². The Hall–Kier alpha value is -3.92. The number of rotatable bonds is 8. The van der Waals surface area contributed by atoms with Crippen molar-refractivity contribution in [2.45, 2.75) is 52.4 Å².